The number of fused-ring (bicyclic) bond motifs is 1. The highest BCUT2D eigenvalue weighted by molar-refractivity contribution is 5.98. The Kier molecular flexibility index (Phi) is 2.29. The van der Waals surface area contributed by atoms with E-state index in [1.54, 1.807) is 0 Å². The average molecular weight is 230 g/mol. The molecule has 1 saturated carbocycles. The predicted molar refractivity (Wildman–Crippen MR) is 66.5 cm³/mol. The van der Waals surface area contributed by atoms with Crippen LogP contribution in [0.5, 0.6) is 5.75 Å². The number of ketones is 1. The minimum atomic E-state index is -0.125. The third-order valence-electron chi connectivity index (χ3n) is 3.82. The molecule has 0 bridgehead atoms. The molecule has 2 nitrogen and oxygen atoms in total. The quantitative estimate of drug-likeness (QED) is 0.728. The maximum atomic E-state index is 12.1. The van der Waals surface area contributed by atoms with Crippen molar-refractivity contribution in [2.24, 2.45) is 5.92 Å². The fourth-order valence-electron chi connectivity index (χ4n) is 2.67. The van der Waals surface area contributed by atoms with Crippen LogP contribution in [-0.4, -0.2) is 11.4 Å². The zero-order valence-electron chi connectivity index (χ0n) is 10.5. The van der Waals surface area contributed by atoms with Gasteiger partial charge in [-0.3, -0.25) is 4.79 Å². The minimum Gasteiger partial charge on any atom is -0.487 e. The van der Waals surface area contributed by atoms with Crippen LogP contribution in [0.3, 0.4) is 0 Å². The molecule has 1 heterocycles. The first-order valence-corrected chi connectivity index (χ1v) is 6.41. The van der Waals surface area contributed by atoms with E-state index in [0.29, 0.717) is 5.78 Å². The molecule has 1 fully saturated rings. The second kappa shape index (κ2) is 3.59. The van der Waals surface area contributed by atoms with E-state index in [9.17, 15) is 4.79 Å². The van der Waals surface area contributed by atoms with E-state index < -0.39 is 0 Å². The maximum Gasteiger partial charge on any atom is 0.165 e. The van der Waals surface area contributed by atoms with Crippen molar-refractivity contribution >= 4 is 5.78 Å². The number of carbonyl (C=O) groups excluding carboxylic acids is 1. The summed E-state index contributed by atoms with van der Waals surface area (Å²) in [5.41, 5.74) is 1.93. The van der Waals surface area contributed by atoms with Crippen molar-refractivity contribution in [2.45, 2.75) is 45.1 Å². The molecule has 0 unspecified atom stereocenters. The Bertz CT molecular complexity index is 470. The van der Waals surface area contributed by atoms with Crippen molar-refractivity contribution in [1.82, 2.24) is 0 Å². The Balaban J connectivity index is 1.87. The zero-order chi connectivity index (χ0) is 12.0. The van der Waals surface area contributed by atoms with Crippen LogP contribution in [0.25, 0.3) is 0 Å². The Morgan fingerprint density at radius 1 is 1.35 bits per heavy atom. The molecule has 1 aromatic rings. The van der Waals surface area contributed by atoms with Gasteiger partial charge in [-0.1, -0.05) is 6.42 Å². The molecule has 2 aliphatic rings. The van der Waals surface area contributed by atoms with E-state index in [0.717, 1.165) is 30.6 Å². The molecule has 0 aromatic heterocycles. The topological polar surface area (TPSA) is 26.3 Å². The van der Waals surface area contributed by atoms with Gasteiger partial charge in [-0.25, -0.2) is 0 Å². The monoisotopic (exact) mass is 230 g/mol. The zero-order valence-corrected chi connectivity index (χ0v) is 10.5. The second-order valence-electron chi connectivity index (χ2n) is 5.85. The van der Waals surface area contributed by atoms with Crippen molar-refractivity contribution in [3.05, 3.63) is 29.3 Å². The van der Waals surface area contributed by atoms with E-state index in [1.807, 2.05) is 18.2 Å². The third-order valence-corrected chi connectivity index (χ3v) is 3.82. The van der Waals surface area contributed by atoms with E-state index in [1.165, 1.54) is 12.0 Å². The summed E-state index contributed by atoms with van der Waals surface area (Å²) in [6.07, 6.45) is 4.24. The molecule has 2 heteroatoms. The average Bonchev–Trinajstić information content (AvgIpc) is 2.47. The molecule has 0 atom stereocenters. The van der Waals surface area contributed by atoms with Gasteiger partial charge < -0.3 is 4.74 Å². The fraction of sp³-hybridized carbons (Fsp3) is 0.533. The summed E-state index contributed by atoms with van der Waals surface area (Å²) >= 11 is 0. The van der Waals surface area contributed by atoms with Crippen LogP contribution < -0.4 is 4.74 Å². The highest BCUT2D eigenvalue weighted by Crippen LogP contribution is 2.37. The lowest BCUT2D eigenvalue weighted by Crippen LogP contribution is -2.24. The molecule has 0 N–H and O–H groups in total. The van der Waals surface area contributed by atoms with Crippen LogP contribution in [-0.2, 0) is 6.42 Å². The smallest absolute Gasteiger partial charge is 0.165 e. The first kappa shape index (κ1) is 10.8. The van der Waals surface area contributed by atoms with E-state index in [2.05, 4.69) is 13.8 Å². The Hall–Kier alpha value is -1.31. The SMILES string of the molecule is CC1(C)Cc2cc(C(=O)C3CCC3)ccc2O1. The molecular weight excluding hydrogens is 212 g/mol. The number of Topliss-reactive ketones (excluding diaryl/α,β-unsaturated/α-hetero) is 1. The second-order valence-corrected chi connectivity index (χ2v) is 5.85. The summed E-state index contributed by atoms with van der Waals surface area (Å²) < 4.78 is 5.82. The van der Waals surface area contributed by atoms with Crippen molar-refractivity contribution in [3.63, 3.8) is 0 Å². The van der Waals surface area contributed by atoms with E-state index >= 15 is 0 Å². The molecule has 90 valence electrons. The van der Waals surface area contributed by atoms with Crippen LogP contribution in [0.4, 0.5) is 0 Å². The summed E-state index contributed by atoms with van der Waals surface area (Å²) in [4.78, 5) is 12.1. The molecular formula is C15H18O2. The molecule has 0 radical (unpaired) electrons. The molecule has 1 aliphatic carbocycles. The summed E-state index contributed by atoms with van der Waals surface area (Å²) in [6.45, 7) is 4.17. The van der Waals surface area contributed by atoms with Gasteiger partial charge in [0.2, 0.25) is 0 Å². The third kappa shape index (κ3) is 1.86. The van der Waals surface area contributed by atoms with Crippen LogP contribution in [0.15, 0.2) is 18.2 Å². The van der Waals surface area contributed by atoms with Crippen molar-refractivity contribution in [1.29, 1.82) is 0 Å². The summed E-state index contributed by atoms with van der Waals surface area (Å²) in [5.74, 6) is 1.55. The Morgan fingerprint density at radius 2 is 2.12 bits per heavy atom. The van der Waals surface area contributed by atoms with Crippen molar-refractivity contribution < 1.29 is 9.53 Å². The summed E-state index contributed by atoms with van der Waals surface area (Å²) in [6, 6.07) is 5.90. The minimum absolute atomic E-state index is 0.125. The van der Waals surface area contributed by atoms with Gasteiger partial charge in [-0.05, 0) is 50.5 Å². The standard InChI is InChI=1S/C15H18O2/c1-15(2)9-12-8-11(6-7-13(12)17-15)14(16)10-4-3-5-10/h6-8,10H,3-5,9H2,1-2H3. The largest absolute Gasteiger partial charge is 0.487 e. The maximum absolute atomic E-state index is 12.1. The number of ether oxygens (including phenoxy) is 1. The van der Waals surface area contributed by atoms with Crippen LogP contribution in [0, 0.1) is 5.92 Å². The molecule has 1 aromatic carbocycles. The van der Waals surface area contributed by atoms with Gasteiger partial charge >= 0.3 is 0 Å². The highest BCUT2D eigenvalue weighted by Gasteiger charge is 2.32. The molecule has 0 saturated heterocycles. The number of hydrogen-bond acceptors (Lipinski definition) is 2. The van der Waals surface area contributed by atoms with Gasteiger partial charge in [-0.15, -0.1) is 0 Å². The first-order chi connectivity index (χ1) is 8.05. The number of rotatable bonds is 2. The van der Waals surface area contributed by atoms with E-state index in [-0.39, 0.29) is 11.5 Å². The summed E-state index contributed by atoms with van der Waals surface area (Å²) in [7, 11) is 0. The summed E-state index contributed by atoms with van der Waals surface area (Å²) in [5, 5.41) is 0. The van der Waals surface area contributed by atoms with Crippen LogP contribution >= 0.6 is 0 Å². The predicted octanol–water partition coefficient (Wildman–Crippen LogP) is 3.38. The molecule has 3 rings (SSSR count). The molecule has 17 heavy (non-hydrogen) atoms. The van der Waals surface area contributed by atoms with E-state index in [4.69, 9.17) is 4.74 Å². The van der Waals surface area contributed by atoms with Crippen LogP contribution in [0.1, 0.15) is 49.0 Å². The van der Waals surface area contributed by atoms with Crippen molar-refractivity contribution in [2.75, 3.05) is 0 Å². The van der Waals surface area contributed by atoms with Gasteiger partial charge in [0.15, 0.2) is 5.78 Å². The highest BCUT2D eigenvalue weighted by atomic mass is 16.5. The normalized spacial score (nSPS) is 21.5. The van der Waals surface area contributed by atoms with Gasteiger partial charge in [0.25, 0.3) is 0 Å². The number of carbonyl (C=O) groups is 1. The van der Waals surface area contributed by atoms with Gasteiger partial charge in [-0.2, -0.15) is 0 Å². The van der Waals surface area contributed by atoms with Gasteiger partial charge in [0, 0.05) is 17.9 Å². The lowest BCUT2D eigenvalue weighted by atomic mass is 9.79. The molecule has 0 amide bonds. The lowest BCUT2D eigenvalue weighted by molar-refractivity contribution is 0.0855. The molecule has 0 spiro atoms. The molecule has 1 aliphatic heterocycles. The Labute approximate surface area is 102 Å². The Morgan fingerprint density at radius 3 is 2.76 bits per heavy atom. The van der Waals surface area contributed by atoms with Crippen LogP contribution in [0.2, 0.25) is 0 Å². The lowest BCUT2D eigenvalue weighted by Gasteiger charge is -2.23. The van der Waals surface area contributed by atoms with Crippen molar-refractivity contribution in [3.8, 4) is 5.75 Å². The number of benzene rings is 1. The first-order valence-electron chi connectivity index (χ1n) is 6.41. The van der Waals surface area contributed by atoms with Gasteiger partial charge in [0.1, 0.15) is 11.4 Å². The van der Waals surface area contributed by atoms with Gasteiger partial charge in [0.05, 0.1) is 0 Å². The number of hydrogen-bond donors (Lipinski definition) is 0. The fourth-order valence-corrected chi connectivity index (χ4v) is 2.67.